The van der Waals surface area contributed by atoms with Crippen LogP contribution in [0.2, 0.25) is 0 Å². The lowest BCUT2D eigenvalue weighted by Gasteiger charge is -2.12. The second-order valence-electron chi connectivity index (χ2n) is 5.28. The van der Waals surface area contributed by atoms with E-state index in [4.69, 9.17) is 4.74 Å². The highest BCUT2D eigenvalue weighted by molar-refractivity contribution is 5.95. The molecule has 0 fully saturated rings. The van der Waals surface area contributed by atoms with E-state index in [1.807, 2.05) is 26.0 Å². The third-order valence-corrected chi connectivity index (χ3v) is 3.54. The monoisotopic (exact) mass is 260 g/mol. The number of carbonyl (C=O) groups is 2. The van der Waals surface area contributed by atoms with Crippen LogP contribution >= 0.6 is 0 Å². The lowest BCUT2D eigenvalue weighted by Crippen LogP contribution is -2.17. The van der Waals surface area contributed by atoms with Gasteiger partial charge in [-0.3, -0.25) is 9.59 Å². The average molecular weight is 260 g/mol. The summed E-state index contributed by atoms with van der Waals surface area (Å²) in [6, 6.07) is 5.99. The lowest BCUT2D eigenvalue weighted by atomic mass is 9.95. The van der Waals surface area contributed by atoms with Crippen LogP contribution in [-0.4, -0.2) is 17.9 Å². The van der Waals surface area contributed by atoms with Gasteiger partial charge in [-0.25, -0.2) is 0 Å². The molecule has 0 amide bonds. The van der Waals surface area contributed by atoms with Gasteiger partial charge in [0.2, 0.25) is 0 Å². The second-order valence-corrected chi connectivity index (χ2v) is 5.28. The molecule has 3 nitrogen and oxygen atoms in total. The van der Waals surface area contributed by atoms with Gasteiger partial charge in [-0.05, 0) is 37.0 Å². The van der Waals surface area contributed by atoms with Crippen molar-refractivity contribution in [3.8, 4) is 0 Å². The summed E-state index contributed by atoms with van der Waals surface area (Å²) in [5, 5.41) is 0. The van der Waals surface area contributed by atoms with Gasteiger partial charge in [-0.2, -0.15) is 0 Å². The van der Waals surface area contributed by atoms with Gasteiger partial charge in [0.05, 0.1) is 18.4 Å². The van der Waals surface area contributed by atoms with E-state index >= 15 is 0 Å². The summed E-state index contributed by atoms with van der Waals surface area (Å²) in [4.78, 5) is 23.9. The van der Waals surface area contributed by atoms with Crippen LogP contribution in [0, 0.1) is 0 Å². The van der Waals surface area contributed by atoms with E-state index in [9.17, 15) is 9.59 Å². The first-order valence-electron chi connectivity index (χ1n) is 6.85. The Labute approximate surface area is 114 Å². The summed E-state index contributed by atoms with van der Waals surface area (Å²) >= 11 is 0. The van der Waals surface area contributed by atoms with Crippen LogP contribution in [-0.2, 0) is 27.2 Å². The molecule has 2 rings (SSSR count). The van der Waals surface area contributed by atoms with Crippen LogP contribution in [0.5, 0.6) is 0 Å². The molecule has 0 bridgehead atoms. The number of benzene rings is 1. The third-order valence-electron chi connectivity index (χ3n) is 3.54. The van der Waals surface area contributed by atoms with Gasteiger partial charge in [0.1, 0.15) is 5.78 Å². The SMILES string of the molecule is CCc1cccc2c1CC(=O)C2CC(=O)OC(C)C. The summed E-state index contributed by atoms with van der Waals surface area (Å²) in [5.41, 5.74) is 3.35. The number of ether oxygens (including phenoxy) is 1. The molecule has 1 atom stereocenters. The molecular formula is C16H20O3. The molecule has 0 N–H and O–H groups in total. The molecule has 102 valence electrons. The fourth-order valence-electron chi connectivity index (χ4n) is 2.70. The number of esters is 1. The van der Waals surface area contributed by atoms with Crippen molar-refractivity contribution < 1.29 is 14.3 Å². The molecule has 0 saturated carbocycles. The highest BCUT2D eigenvalue weighted by Crippen LogP contribution is 2.35. The predicted molar refractivity (Wildman–Crippen MR) is 73.1 cm³/mol. The summed E-state index contributed by atoms with van der Waals surface area (Å²) < 4.78 is 5.14. The Balaban J connectivity index is 2.21. The summed E-state index contributed by atoms with van der Waals surface area (Å²) in [5.74, 6) is -0.465. The largest absolute Gasteiger partial charge is 0.463 e. The smallest absolute Gasteiger partial charge is 0.307 e. The topological polar surface area (TPSA) is 43.4 Å². The van der Waals surface area contributed by atoms with E-state index in [1.54, 1.807) is 0 Å². The molecule has 0 spiro atoms. The molecule has 0 aliphatic heterocycles. The minimum absolute atomic E-state index is 0.134. The molecule has 0 radical (unpaired) electrons. The quantitative estimate of drug-likeness (QED) is 0.782. The van der Waals surface area contributed by atoms with Crippen molar-refractivity contribution in [2.45, 2.75) is 52.1 Å². The summed E-state index contributed by atoms with van der Waals surface area (Å²) in [7, 11) is 0. The average Bonchev–Trinajstić information content (AvgIpc) is 2.65. The van der Waals surface area contributed by atoms with E-state index in [2.05, 4.69) is 13.0 Å². The normalized spacial score (nSPS) is 17.7. The zero-order valence-corrected chi connectivity index (χ0v) is 11.7. The molecular weight excluding hydrogens is 240 g/mol. The number of hydrogen-bond donors (Lipinski definition) is 0. The van der Waals surface area contributed by atoms with Crippen molar-refractivity contribution in [1.29, 1.82) is 0 Å². The highest BCUT2D eigenvalue weighted by Gasteiger charge is 2.33. The molecule has 3 heteroatoms. The van der Waals surface area contributed by atoms with Gasteiger partial charge in [-0.1, -0.05) is 25.1 Å². The predicted octanol–water partition coefficient (Wildman–Crippen LogP) is 2.80. The van der Waals surface area contributed by atoms with Gasteiger partial charge < -0.3 is 4.74 Å². The first-order chi connectivity index (χ1) is 9.02. The number of aryl methyl sites for hydroxylation is 1. The van der Waals surface area contributed by atoms with E-state index in [1.165, 1.54) is 5.56 Å². The second kappa shape index (κ2) is 5.55. The molecule has 1 unspecified atom stereocenters. The molecule has 1 aromatic carbocycles. The highest BCUT2D eigenvalue weighted by atomic mass is 16.5. The van der Waals surface area contributed by atoms with Crippen molar-refractivity contribution in [3.63, 3.8) is 0 Å². The molecule has 1 aliphatic carbocycles. The number of fused-ring (bicyclic) bond motifs is 1. The van der Waals surface area contributed by atoms with Crippen LogP contribution in [0.3, 0.4) is 0 Å². The molecule has 1 aromatic rings. The van der Waals surface area contributed by atoms with Crippen LogP contribution in [0.15, 0.2) is 18.2 Å². The Morgan fingerprint density at radius 1 is 1.42 bits per heavy atom. The third kappa shape index (κ3) is 2.86. The minimum atomic E-state index is -0.312. The van der Waals surface area contributed by atoms with Crippen molar-refractivity contribution in [2.24, 2.45) is 0 Å². The minimum Gasteiger partial charge on any atom is -0.463 e. The number of Topliss-reactive ketones (excluding diaryl/α,β-unsaturated/α-hetero) is 1. The van der Waals surface area contributed by atoms with Gasteiger partial charge in [0, 0.05) is 6.42 Å². The first-order valence-corrected chi connectivity index (χ1v) is 6.85. The molecule has 19 heavy (non-hydrogen) atoms. The Kier molecular flexibility index (Phi) is 4.03. The molecule has 0 saturated heterocycles. The number of carbonyl (C=O) groups excluding carboxylic acids is 2. The molecule has 0 heterocycles. The fourth-order valence-corrected chi connectivity index (χ4v) is 2.70. The van der Waals surface area contributed by atoms with Crippen molar-refractivity contribution in [1.82, 2.24) is 0 Å². The number of rotatable bonds is 4. The Morgan fingerprint density at radius 2 is 2.16 bits per heavy atom. The van der Waals surface area contributed by atoms with Crippen LogP contribution in [0.25, 0.3) is 0 Å². The van der Waals surface area contributed by atoms with E-state index in [0.717, 1.165) is 17.5 Å². The number of ketones is 1. The van der Waals surface area contributed by atoms with E-state index in [0.29, 0.717) is 6.42 Å². The van der Waals surface area contributed by atoms with Crippen molar-refractivity contribution >= 4 is 11.8 Å². The standard InChI is InChI=1S/C16H20O3/c1-4-11-6-5-7-12-13(11)8-15(17)14(12)9-16(18)19-10(2)3/h5-7,10,14H,4,8-9H2,1-3H3. The molecule has 0 aromatic heterocycles. The Morgan fingerprint density at radius 3 is 2.79 bits per heavy atom. The van der Waals surface area contributed by atoms with Crippen LogP contribution < -0.4 is 0 Å². The first kappa shape index (κ1) is 13.8. The zero-order valence-electron chi connectivity index (χ0n) is 11.7. The summed E-state index contributed by atoms with van der Waals surface area (Å²) in [6.07, 6.45) is 1.40. The summed E-state index contributed by atoms with van der Waals surface area (Å²) in [6.45, 7) is 5.72. The number of hydrogen-bond acceptors (Lipinski definition) is 3. The van der Waals surface area contributed by atoms with Crippen LogP contribution in [0.4, 0.5) is 0 Å². The van der Waals surface area contributed by atoms with Crippen molar-refractivity contribution in [3.05, 3.63) is 34.9 Å². The van der Waals surface area contributed by atoms with E-state index < -0.39 is 0 Å². The lowest BCUT2D eigenvalue weighted by molar-refractivity contribution is -0.148. The van der Waals surface area contributed by atoms with Gasteiger partial charge >= 0.3 is 5.97 Å². The van der Waals surface area contributed by atoms with Gasteiger partial charge in [0.15, 0.2) is 0 Å². The Bertz CT molecular complexity index is 503. The fraction of sp³-hybridized carbons (Fsp3) is 0.500. The maximum absolute atomic E-state index is 12.1. The van der Waals surface area contributed by atoms with Crippen LogP contribution in [0.1, 0.15) is 49.8 Å². The maximum Gasteiger partial charge on any atom is 0.307 e. The molecule has 1 aliphatic rings. The van der Waals surface area contributed by atoms with Gasteiger partial charge in [-0.15, -0.1) is 0 Å². The van der Waals surface area contributed by atoms with Gasteiger partial charge in [0.25, 0.3) is 0 Å². The van der Waals surface area contributed by atoms with E-state index in [-0.39, 0.29) is 30.2 Å². The Hall–Kier alpha value is -1.64. The van der Waals surface area contributed by atoms with Crippen molar-refractivity contribution in [2.75, 3.05) is 0 Å². The zero-order chi connectivity index (χ0) is 14.0. The maximum atomic E-state index is 12.1.